The van der Waals surface area contributed by atoms with Crippen LogP contribution in [0.25, 0.3) is 0 Å². The Kier molecular flexibility index (Phi) is 1.18. The van der Waals surface area contributed by atoms with Crippen molar-refractivity contribution in [2.75, 3.05) is 0 Å². The maximum Gasteiger partial charge on any atom is -0.0230 e. The molecule has 0 heterocycles. The Hall–Kier alpha value is 0. The molecule has 0 aliphatic heterocycles. The van der Waals surface area contributed by atoms with Gasteiger partial charge in [-0.25, -0.2) is 0 Å². The Labute approximate surface area is 75.7 Å². The van der Waals surface area contributed by atoms with Crippen molar-refractivity contribution in [1.82, 2.24) is 0 Å². The molecule has 0 amide bonds. The summed E-state index contributed by atoms with van der Waals surface area (Å²) in [6.45, 7) is 7.44. The van der Waals surface area contributed by atoms with E-state index in [9.17, 15) is 0 Å². The van der Waals surface area contributed by atoms with Crippen LogP contribution in [0.1, 0.15) is 40.0 Å². The first-order valence-electron chi connectivity index (χ1n) is 5.71. The Balaban J connectivity index is 1.79. The molecule has 5 unspecified atom stereocenters. The fourth-order valence-electron chi connectivity index (χ4n) is 4.55. The highest BCUT2D eigenvalue weighted by Crippen LogP contribution is 2.82. The summed E-state index contributed by atoms with van der Waals surface area (Å²) in [5, 5.41) is 0. The molecule has 0 saturated heterocycles. The summed E-state index contributed by atoms with van der Waals surface area (Å²) in [7, 11) is 0. The predicted molar refractivity (Wildman–Crippen MR) is 50.8 cm³/mol. The van der Waals surface area contributed by atoms with Gasteiger partial charge in [0, 0.05) is 0 Å². The first-order chi connectivity index (χ1) is 5.71. The van der Waals surface area contributed by atoms with Gasteiger partial charge in [-0.15, -0.1) is 0 Å². The van der Waals surface area contributed by atoms with Gasteiger partial charge in [-0.2, -0.15) is 0 Å². The number of hydrogen-bond acceptors (Lipinski definition) is 0. The normalized spacial score (nSPS) is 62.2. The number of hydrogen-bond donors (Lipinski definition) is 0. The largest absolute Gasteiger partial charge is 0.0651 e. The van der Waals surface area contributed by atoms with Gasteiger partial charge in [0.05, 0.1) is 0 Å². The van der Waals surface area contributed by atoms with Crippen LogP contribution in [-0.2, 0) is 0 Å². The minimum Gasteiger partial charge on any atom is -0.0651 e. The van der Waals surface area contributed by atoms with Gasteiger partial charge in [-0.3, -0.25) is 0 Å². The standard InChI is InChI=1S/C12H20/c1-4-9-7(2)10-11(9)12(10,3)8-5-6-8/h7-11H,4-6H2,1-3H3. The van der Waals surface area contributed by atoms with Crippen LogP contribution >= 0.6 is 0 Å². The quantitative estimate of drug-likeness (QED) is 0.587. The molecule has 0 aromatic carbocycles. The van der Waals surface area contributed by atoms with Crippen LogP contribution in [0.15, 0.2) is 0 Å². The lowest BCUT2D eigenvalue weighted by Crippen LogP contribution is -2.26. The molecule has 0 heteroatoms. The molecule has 3 fully saturated rings. The minimum atomic E-state index is 0.833. The van der Waals surface area contributed by atoms with Crippen LogP contribution in [0.3, 0.4) is 0 Å². The summed E-state index contributed by atoms with van der Waals surface area (Å²) < 4.78 is 0. The predicted octanol–water partition coefficient (Wildman–Crippen LogP) is 3.32. The van der Waals surface area contributed by atoms with Gasteiger partial charge in [0.15, 0.2) is 0 Å². The third-order valence-electron chi connectivity index (χ3n) is 5.35. The smallest absolute Gasteiger partial charge is 0.0230 e. The van der Waals surface area contributed by atoms with Gasteiger partial charge in [-0.1, -0.05) is 27.2 Å². The van der Waals surface area contributed by atoms with Crippen molar-refractivity contribution >= 4 is 0 Å². The van der Waals surface area contributed by atoms with E-state index in [0.29, 0.717) is 0 Å². The summed E-state index contributed by atoms with van der Waals surface area (Å²) in [6, 6.07) is 0. The molecule has 5 atom stereocenters. The molecular weight excluding hydrogens is 144 g/mol. The molecule has 0 spiro atoms. The van der Waals surface area contributed by atoms with Crippen molar-refractivity contribution < 1.29 is 0 Å². The zero-order valence-electron chi connectivity index (χ0n) is 8.51. The second-order valence-corrected chi connectivity index (χ2v) is 5.62. The van der Waals surface area contributed by atoms with Crippen LogP contribution in [0.5, 0.6) is 0 Å². The average Bonchev–Trinajstić information content (AvgIpc) is 2.84. The lowest BCUT2D eigenvalue weighted by Gasteiger charge is -2.31. The van der Waals surface area contributed by atoms with Crippen molar-refractivity contribution in [2.45, 2.75) is 40.0 Å². The van der Waals surface area contributed by atoms with Crippen molar-refractivity contribution in [3.63, 3.8) is 0 Å². The highest BCUT2D eigenvalue weighted by Gasteiger charge is 2.77. The van der Waals surface area contributed by atoms with E-state index >= 15 is 0 Å². The monoisotopic (exact) mass is 164 g/mol. The van der Waals surface area contributed by atoms with E-state index in [1.807, 2.05) is 0 Å². The van der Waals surface area contributed by atoms with Crippen molar-refractivity contribution in [3.05, 3.63) is 0 Å². The van der Waals surface area contributed by atoms with Gasteiger partial charge in [0.25, 0.3) is 0 Å². The fraction of sp³-hybridized carbons (Fsp3) is 1.00. The summed E-state index contributed by atoms with van der Waals surface area (Å²) >= 11 is 0. The zero-order valence-corrected chi connectivity index (χ0v) is 8.51. The first-order valence-corrected chi connectivity index (χ1v) is 5.71. The Morgan fingerprint density at radius 2 is 1.92 bits per heavy atom. The third kappa shape index (κ3) is 0.592. The SMILES string of the molecule is CCC1C(C)C2C1C2(C)C1CC1. The summed E-state index contributed by atoms with van der Waals surface area (Å²) in [5.74, 6) is 5.61. The van der Waals surface area contributed by atoms with Crippen LogP contribution in [0.4, 0.5) is 0 Å². The maximum absolute atomic E-state index is 2.58. The second-order valence-electron chi connectivity index (χ2n) is 5.62. The second kappa shape index (κ2) is 1.91. The Bertz CT molecular complexity index is 216. The van der Waals surface area contributed by atoms with E-state index in [0.717, 1.165) is 35.0 Å². The summed E-state index contributed by atoms with van der Waals surface area (Å²) in [4.78, 5) is 0. The van der Waals surface area contributed by atoms with Crippen LogP contribution in [-0.4, -0.2) is 0 Å². The van der Waals surface area contributed by atoms with E-state index in [4.69, 9.17) is 0 Å². The third-order valence-corrected chi connectivity index (χ3v) is 5.35. The van der Waals surface area contributed by atoms with Crippen LogP contribution in [0, 0.1) is 35.0 Å². The van der Waals surface area contributed by atoms with Gasteiger partial charge in [0.1, 0.15) is 0 Å². The molecule has 3 aliphatic carbocycles. The molecule has 68 valence electrons. The molecule has 3 rings (SSSR count). The van der Waals surface area contributed by atoms with Gasteiger partial charge >= 0.3 is 0 Å². The fourth-order valence-corrected chi connectivity index (χ4v) is 4.55. The van der Waals surface area contributed by atoms with Crippen LogP contribution in [0.2, 0.25) is 0 Å². The summed E-state index contributed by atoms with van der Waals surface area (Å²) in [6.07, 6.45) is 4.53. The van der Waals surface area contributed by atoms with Crippen molar-refractivity contribution in [1.29, 1.82) is 0 Å². The molecule has 12 heavy (non-hydrogen) atoms. The summed E-state index contributed by atoms with van der Waals surface area (Å²) in [5.41, 5.74) is 0.833. The molecular formula is C12H20. The number of fused-ring (bicyclic) bond motifs is 1. The first kappa shape index (κ1) is 7.41. The van der Waals surface area contributed by atoms with Gasteiger partial charge in [-0.05, 0) is 47.8 Å². The molecule has 0 nitrogen and oxygen atoms in total. The minimum absolute atomic E-state index is 0.833. The van der Waals surface area contributed by atoms with Crippen molar-refractivity contribution in [2.24, 2.45) is 35.0 Å². The highest BCUT2D eigenvalue weighted by molar-refractivity contribution is 5.24. The Morgan fingerprint density at radius 1 is 1.25 bits per heavy atom. The molecule has 0 bridgehead atoms. The van der Waals surface area contributed by atoms with E-state index in [-0.39, 0.29) is 0 Å². The molecule has 3 aliphatic rings. The van der Waals surface area contributed by atoms with E-state index in [1.165, 1.54) is 6.42 Å². The van der Waals surface area contributed by atoms with Crippen molar-refractivity contribution in [3.8, 4) is 0 Å². The molecule has 0 aromatic rings. The van der Waals surface area contributed by atoms with E-state index in [2.05, 4.69) is 20.8 Å². The lowest BCUT2D eigenvalue weighted by molar-refractivity contribution is 0.168. The van der Waals surface area contributed by atoms with E-state index in [1.54, 1.807) is 12.8 Å². The van der Waals surface area contributed by atoms with Crippen LogP contribution < -0.4 is 0 Å². The molecule has 0 radical (unpaired) electrons. The van der Waals surface area contributed by atoms with E-state index < -0.39 is 0 Å². The average molecular weight is 164 g/mol. The zero-order chi connectivity index (χ0) is 8.51. The molecule has 0 N–H and O–H groups in total. The molecule has 0 aromatic heterocycles. The maximum atomic E-state index is 2.58. The van der Waals surface area contributed by atoms with Gasteiger partial charge in [0.2, 0.25) is 0 Å². The molecule has 3 saturated carbocycles. The van der Waals surface area contributed by atoms with Gasteiger partial charge < -0.3 is 0 Å². The topological polar surface area (TPSA) is 0 Å². The lowest BCUT2D eigenvalue weighted by atomic mass is 9.74. The highest BCUT2D eigenvalue weighted by atomic mass is 14.8. The Morgan fingerprint density at radius 3 is 2.33 bits per heavy atom. The number of rotatable bonds is 2.